The minimum Gasteiger partial charge on any atom is -0.477 e. The fraction of sp³-hybridized carbons (Fsp3) is 0.538. The zero-order valence-corrected chi connectivity index (χ0v) is 12.2. The van der Waals surface area contributed by atoms with E-state index in [1.807, 2.05) is 0 Å². The van der Waals surface area contributed by atoms with Crippen LogP contribution in [-0.4, -0.2) is 51.0 Å². The van der Waals surface area contributed by atoms with E-state index in [2.05, 4.69) is 15.3 Å². The summed E-state index contributed by atoms with van der Waals surface area (Å²) in [5.41, 5.74) is -0.726. The predicted molar refractivity (Wildman–Crippen MR) is 72.9 cm³/mol. The summed E-state index contributed by atoms with van der Waals surface area (Å²) >= 11 is 0. The number of hydrogen-bond donors (Lipinski definition) is 2. The molecule has 0 aliphatic carbocycles. The van der Waals surface area contributed by atoms with Crippen LogP contribution in [0.1, 0.15) is 36.1 Å². The molecule has 2 N–H and O–H groups in total. The standard InChI is InChI=1S/C13H15F3N4O3/c1-7(21)20-4-2-8(3-5-20)17-10-6-9(11(22)23)18-12(19-10)13(14,15)16/h6,8H,2-5H2,1H3,(H,22,23)(H,17,18,19). The van der Waals surface area contributed by atoms with E-state index in [0.29, 0.717) is 25.9 Å². The minimum absolute atomic E-state index is 0.0574. The molecule has 1 aliphatic heterocycles. The summed E-state index contributed by atoms with van der Waals surface area (Å²) in [7, 11) is 0. The van der Waals surface area contributed by atoms with Gasteiger partial charge in [-0.1, -0.05) is 0 Å². The Hall–Kier alpha value is -2.39. The number of carboxylic acid groups (broad SMARTS) is 1. The third kappa shape index (κ3) is 4.30. The normalized spacial score (nSPS) is 16.3. The van der Waals surface area contributed by atoms with E-state index in [1.165, 1.54) is 6.92 Å². The third-order valence-electron chi connectivity index (χ3n) is 3.49. The number of carbonyl (C=O) groups excluding carboxylic acids is 1. The number of hydrogen-bond acceptors (Lipinski definition) is 5. The number of carbonyl (C=O) groups is 2. The highest BCUT2D eigenvalue weighted by atomic mass is 19.4. The number of anilines is 1. The van der Waals surface area contributed by atoms with Gasteiger partial charge < -0.3 is 15.3 Å². The Morgan fingerprint density at radius 2 is 1.91 bits per heavy atom. The Morgan fingerprint density at radius 1 is 1.30 bits per heavy atom. The lowest BCUT2D eigenvalue weighted by atomic mass is 10.1. The Labute approximate surface area is 129 Å². The zero-order valence-electron chi connectivity index (χ0n) is 12.2. The van der Waals surface area contributed by atoms with E-state index in [1.54, 1.807) is 4.90 Å². The molecule has 2 rings (SSSR count). The number of aromatic nitrogens is 2. The van der Waals surface area contributed by atoms with Crippen molar-refractivity contribution in [3.05, 3.63) is 17.6 Å². The van der Waals surface area contributed by atoms with Crippen molar-refractivity contribution in [3.63, 3.8) is 0 Å². The molecule has 0 saturated carbocycles. The molecule has 23 heavy (non-hydrogen) atoms. The van der Waals surface area contributed by atoms with Gasteiger partial charge >= 0.3 is 12.1 Å². The monoisotopic (exact) mass is 332 g/mol. The molecule has 0 unspecified atom stereocenters. The molecule has 0 radical (unpaired) electrons. The SMILES string of the molecule is CC(=O)N1CCC(Nc2cc(C(=O)O)nc(C(F)(F)F)n2)CC1. The van der Waals surface area contributed by atoms with Gasteiger partial charge in [0.05, 0.1) is 0 Å². The summed E-state index contributed by atoms with van der Waals surface area (Å²) in [6, 6.07) is 0.776. The quantitative estimate of drug-likeness (QED) is 0.873. The van der Waals surface area contributed by atoms with Crippen molar-refractivity contribution in [1.82, 2.24) is 14.9 Å². The second kappa shape index (κ2) is 6.39. The van der Waals surface area contributed by atoms with Gasteiger partial charge in [0.1, 0.15) is 5.82 Å². The first kappa shape index (κ1) is 17.0. The first-order chi connectivity index (χ1) is 10.7. The largest absolute Gasteiger partial charge is 0.477 e. The Balaban J connectivity index is 2.15. The highest BCUT2D eigenvalue weighted by Gasteiger charge is 2.36. The van der Waals surface area contributed by atoms with Gasteiger partial charge in [-0.2, -0.15) is 13.2 Å². The van der Waals surface area contributed by atoms with Crippen molar-refractivity contribution < 1.29 is 27.9 Å². The summed E-state index contributed by atoms with van der Waals surface area (Å²) in [5.74, 6) is -3.31. The summed E-state index contributed by atoms with van der Waals surface area (Å²) in [5, 5.41) is 11.7. The summed E-state index contributed by atoms with van der Waals surface area (Å²) in [4.78, 5) is 30.1. The van der Waals surface area contributed by atoms with Gasteiger partial charge in [-0.15, -0.1) is 0 Å². The van der Waals surface area contributed by atoms with Crippen LogP contribution in [0.15, 0.2) is 6.07 Å². The molecule has 0 aromatic carbocycles. The number of halogens is 3. The van der Waals surface area contributed by atoms with Crippen molar-refractivity contribution in [2.75, 3.05) is 18.4 Å². The van der Waals surface area contributed by atoms with Crippen molar-refractivity contribution in [2.45, 2.75) is 32.0 Å². The van der Waals surface area contributed by atoms with E-state index in [4.69, 9.17) is 5.11 Å². The minimum atomic E-state index is -4.83. The van der Waals surface area contributed by atoms with Crippen LogP contribution in [0.3, 0.4) is 0 Å². The van der Waals surface area contributed by atoms with Crippen LogP contribution in [0.2, 0.25) is 0 Å². The van der Waals surface area contributed by atoms with Crippen molar-refractivity contribution in [3.8, 4) is 0 Å². The number of piperidine rings is 1. The molecule has 1 aliphatic rings. The molecule has 1 aromatic heterocycles. The van der Waals surface area contributed by atoms with Gasteiger partial charge in [-0.3, -0.25) is 4.79 Å². The van der Waals surface area contributed by atoms with Gasteiger partial charge in [-0.05, 0) is 12.8 Å². The maximum absolute atomic E-state index is 12.7. The van der Waals surface area contributed by atoms with Crippen molar-refractivity contribution in [2.24, 2.45) is 0 Å². The molecule has 10 heteroatoms. The average molecular weight is 332 g/mol. The summed E-state index contributed by atoms with van der Waals surface area (Å²) < 4.78 is 38.2. The zero-order chi connectivity index (χ0) is 17.2. The smallest absolute Gasteiger partial charge is 0.451 e. The third-order valence-corrected chi connectivity index (χ3v) is 3.49. The molecule has 1 fully saturated rings. The summed E-state index contributed by atoms with van der Waals surface area (Å²) in [6.07, 6.45) is -3.76. The van der Waals surface area contributed by atoms with Crippen molar-refractivity contribution >= 4 is 17.7 Å². The number of aromatic carboxylic acids is 1. The molecule has 126 valence electrons. The number of amides is 1. The van der Waals surface area contributed by atoms with Crippen LogP contribution in [0.4, 0.5) is 19.0 Å². The van der Waals surface area contributed by atoms with E-state index in [-0.39, 0.29) is 17.8 Å². The molecule has 1 amide bonds. The maximum Gasteiger partial charge on any atom is 0.451 e. The molecule has 0 atom stereocenters. The van der Waals surface area contributed by atoms with E-state index >= 15 is 0 Å². The van der Waals surface area contributed by atoms with Gasteiger partial charge in [-0.25, -0.2) is 14.8 Å². The lowest BCUT2D eigenvalue weighted by Crippen LogP contribution is -2.41. The predicted octanol–water partition coefficient (Wildman–Crippen LogP) is 1.62. The topological polar surface area (TPSA) is 95.4 Å². The Morgan fingerprint density at radius 3 is 2.39 bits per heavy atom. The fourth-order valence-electron chi connectivity index (χ4n) is 2.31. The lowest BCUT2D eigenvalue weighted by Gasteiger charge is -2.32. The van der Waals surface area contributed by atoms with E-state index < -0.39 is 23.7 Å². The molecular formula is C13H15F3N4O3. The second-order valence-corrected chi connectivity index (χ2v) is 5.19. The number of likely N-dealkylation sites (tertiary alicyclic amines) is 1. The van der Waals surface area contributed by atoms with Crippen LogP contribution >= 0.6 is 0 Å². The molecule has 0 spiro atoms. The van der Waals surface area contributed by atoms with Gasteiger partial charge in [0.25, 0.3) is 0 Å². The van der Waals surface area contributed by atoms with Crippen LogP contribution in [0.5, 0.6) is 0 Å². The van der Waals surface area contributed by atoms with Gasteiger partial charge in [0.2, 0.25) is 11.7 Å². The number of nitrogens with zero attached hydrogens (tertiary/aromatic N) is 3. The Kier molecular flexibility index (Phi) is 4.71. The Bertz CT molecular complexity index is 613. The van der Waals surface area contributed by atoms with E-state index in [9.17, 15) is 22.8 Å². The molecule has 1 saturated heterocycles. The number of carboxylic acids is 1. The van der Waals surface area contributed by atoms with Crippen LogP contribution in [0.25, 0.3) is 0 Å². The molecule has 0 bridgehead atoms. The van der Waals surface area contributed by atoms with Gasteiger partial charge in [0.15, 0.2) is 5.69 Å². The highest BCUT2D eigenvalue weighted by molar-refractivity contribution is 5.86. The van der Waals surface area contributed by atoms with E-state index in [0.717, 1.165) is 6.07 Å². The van der Waals surface area contributed by atoms with Crippen LogP contribution < -0.4 is 5.32 Å². The number of rotatable bonds is 3. The van der Waals surface area contributed by atoms with Gasteiger partial charge in [0, 0.05) is 32.1 Å². The molecule has 1 aromatic rings. The summed E-state index contributed by atoms with van der Waals surface area (Å²) in [6.45, 7) is 2.42. The number of nitrogens with one attached hydrogen (secondary N) is 1. The van der Waals surface area contributed by atoms with Crippen LogP contribution in [-0.2, 0) is 11.0 Å². The molecular weight excluding hydrogens is 317 g/mol. The maximum atomic E-state index is 12.7. The first-order valence-corrected chi connectivity index (χ1v) is 6.88. The molecule has 7 nitrogen and oxygen atoms in total. The molecule has 2 heterocycles. The van der Waals surface area contributed by atoms with Crippen LogP contribution in [0, 0.1) is 0 Å². The number of alkyl halides is 3. The lowest BCUT2D eigenvalue weighted by molar-refractivity contribution is -0.145. The second-order valence-electron chi connectivity index (χ2n) is 5.19. The van der Waals surface area contributed by atoms with Crippen molar-refractivity contribution in [1.29, 1.82) is 0 Å². The highest BCUT2D eigenvalue weighted by Crippen LogP contribution is 2.27. The fourth-order valence-corrected chi connectivity index (χ4v) is 2.31. The first-order valence-electron chi connectivity index (χ1n) is 6.88. The average Bonchev–Trinajstić information content (AvgIpc) is 2.46.